The molecule has 0 aliphatic carbocycles. The van der Waals surface area contributed by atoms with Crippen molar-refractivity contribution in [2.45, 2.75) is 30.8 Å². The Morgan fingerprint density at radius 2 is 1.67 bits per heavy atom. The standard InChI is InChI=1S/C14H15ClNO4P/c15-12(21(19)20)8-2-1-5-9-16-13(17)10-6-3-4-7-11(10)14(16)18/h3-4,6-7,12H,1-2,5,8-9H2/p+1. The van der Waals surface area contributed by atoms with Gasteiger partial charge in [0.25, 0.3) is 16.9 Å². The zero-order chi connectivity index (χ0) is 15.4. The maximum atomic E-state index is 12.1. The Morgan fingerprint density at radius 1 is 1.10 bits per heavy atom. The first-order chi connectivity index (χ1) is 10.0. The monoisotopic (exact) mass is 328 g/mol. The lowest BCUT2D eigenvalue weighted by molar-refractivity contribution is 0.0651. The number of amides is 2. The van der Waals surface area contributed by atoms with E-state index in [9.17, 15) is 14.2 Å². The Bertz CT molecular complexity index is 543. The molecule has 2 atom stereocenters. The molecule has 1 heterocycles. The largest absolute Gasteiger partial charge is 0.524 e. The highest BCUT2D eigenvalue weighted by Crippen LogP contribution is 2.30. The molecule has 5 nitrogen and oxygen atoms in total. The average molecular weight is 329 g/mol. The van der Waals surface area contributed by atoms with Gasteiger partial charge in [0.1, 0.15) is 0 Å². The van der Waals surface area contributed by atoms with E-state index >= 15 is 0 Å². The van der Waals surface area contributed by atoms with Crippen molar-refractivity contribution in [2.75, 3.05) is 6.54 Å². The number of carbonyl (C=O) groups excluding carboxylic acids is 2. The molecular weight excluding hydrogens is 313 g/mol. The number of hydrogen-bond acceptors (Lipinski definition) is 3. The van der Waals surface area contributed by atoms with Crippen LogP contribution < -0.4 is 0 Å². The van der Waals surface area contributed by atoms with E-state index in [1.807, 2.05) is 0 Å². The maximum Gasteiger partial charge on any atom is 0.524 e. The summed E-state index contributed by atoms with van der Waals surface area (Å²) in [6.07, 6.45) is 2.56. The van der Waals surface area contributed by atoms with Crippen molar-refractivity contribution in [3.63, 3.8) is 0 Å². The van der Waals surface area contributed by atoms with Gasteiger partial charge in [0, 0.05) is 13.0 Å². The van der Waals surface area contributed by atoms with Gasteiger partial charge in [-0.1, -0.05) is 30.2 Å². The molecule has 2 rings (SSSR count). The topological polar surface area (TPSA) is 74.7 Å². The highest BCUT2D eigenvalue weighted by Gasteiger charge is 2.34. The highest BCUT2D eigenvalue weighted by atomic mass is 35.5. The van der Waals surface area contributed by atoms with Crippen LogP contribution in [0.1, 0.15) is 46.4 Å². The van der Waals surface area contributed by atoms with Crippen LogP contribution in [0.15, 0.2) is 24.3 Å². The summed E-state index contributed by atoms with van der Waals surface area (Å²) in [6, 6.07) is 6.80. The zero-order valence-corrected chi connectivity index (χ0v) is 13.0. The van der Waals surface area contributed by atoms with E-state index in [2.05, 4.69) is 0 Å². The molecule has 0 radical (unpaired) electrons. The number of carbonyl (C=O) groups is 2. The quantitative estimate of drug-likeness (QED) is 0.361. The molecule has 0 spiro atoms. The molecule has 0 aromatic heterocycles. The fourth-order valence-electron chi connectivity index (χ4n) is 2.31. The Kier molecular flexibility index (Phi) is 5.45. The van der Waals surface area contributed by atoms with E-state index in [-0.39, 0.29) is 11.8 Å². The Labute approximate surface area is 128 Å². The first kappa shape index (κ1) is 16.1. The van der Waals surface area contributed by atoms with Gasteiger partial charge in [-0.15, -0.1) is 0 Å². The van der Waals surface area contributed by atoms with Crippen LogP contribution in [-0.2, 0) is 4.57 Å². The molecule has 0 fully saturated rings. The second-order valence-corrected chi connectivity index (χ2v) is 6.95. The van der Waals surface area contributed by atoms with Gasteiger partial charge in [-0.3, -0.25) is 14.5 Å². The molecule has 1 aliphatic rings. The summed E-state index contributed by atoms with van der Waals surface area (Å²) >= 11 is 5.68. The lowest BCUT2D eigenvalue weighted by atomic mass is 10.1. The molecule has 2 unspecified atom stereocenters. The van der Waals surface area contributed by atoms with E-state index in [0.29, 0.717) is 36.9 Å². The number of fused-ring (bicyclic) bond motifs is 1. The van der Waals surface area contributed by atoms with Crippen molar-refractivity contribution < 1.29 is 19.0 Å². The van der Waals surface area contributed by atoms with Crippen molar-refractivity contribution in [2.24, 2.45) is 0 Å². The van der Waals surface area contributed by atoms with Gasteiger partial charge in [0.05, 0.1) is 11.1 Å². The van der Waals surface area contributed by atoms with Gasteiger partial charge in [-0.2, -0.15) is 4.89 Å². The molecule has 1 aliphatic heterocycles. The van der Waals surface area contributed by atoms with Crippen LogP contribution in [0.4, 0.5) is 0 Å². The van der Waals surface area contributed by atoms with Crippen LogP contribution in [-0.4, -0.2) is 33.3 Å². The summed E-state index contributed by atoms with van der Waals surface area (Å²) in [7, 11) is -2.34. The minimum absolute atomic E-state index is 0.246. The van der Waals surface area contributed by atoms with Gasteiger partial charge < -0.3 is 0 Å². The first-order valence-electron chi connectivity index (χ1n) is 6.77. The van der Waals surface area contributed by atoms with E-state index in [4.69, 9.17) is 16.5 Å². The van der Waals surface area contributed by atoms with E-state index < -0.39 is 13.1 Å². The van der Waals surface area contributed by atoms with Crippen LogP contribution in [0.25, 0.3) is 0 Å². The van der Waals surface area contributed by atoms with Crippen LogP contribution in [0.2, 0.25) is 0 Å². The summed E-state index contributed by atoms with van der Waals surface area (Å²) in [5, 5.41) is -0.723. The summed E-state index contributed by atoms with van der Waals surface area (Å²) in [4.78, 5) is 34.2. The number of unbranched alkanes of at least 4 members (excludes halogenated alkanes) is 2. The average Bonchev–Trinajstić information content (AvgIpc) is 2.71. The number of rotatable bonds is 7. The van der Waals surface area contributed by atoms with Crippen molar-refractivity contribution >= 4 is 31.4 Å². The Balaban J connectivity index is 1.79. The van der Waals surface area contributed by atoms with Gasteiger partial charge in [-0.05, 0) is 29.5 Å². The number of halogens is 1. The molecule has 21 heavy (non-hydrogen) atoms. The van der Waals surface area contributed by atoms with Crippen LogP contribution in [0.3, 0.4) is 0 Å². The number of imide groups is 1. The lowest BCUT2D eigenvalue weighted by Crippen LogP contribution is -2.30. The third kappa shape index (κ3) is 3.67. The smallest absolute Gasteiger partial charge is 0.274 e. The fraction of sp³-hybridized carbons (Fsp3) is 0.429. The SMILES string of the molecule is O=C1c2ccccc2C(=O)N1CCCCCC(Cl)[P+](=O)O. The molecule has 0 saturated carbocycles. The summed E-state index contributed by atoms with van der Waals surface area (Å²) in [5.74, 6) is -0.492. The lowest BCUT2D eigenvalue weighted by Gasteiger charge is -2.13. The third-order valence-electron chi connectivity index (χ3n) is 3.44. The van der Waals surface area contributed by atoms with Crippen LogP contribution in [0.5, 0.6) is 0 Å². The molecule has 0 bridgehead atoms. The Hall–Kier alpha value is -1.29. The van der Waals surface area contributed by atoms with Crippen LogP contribution >= 0.6 is 19.6 Å². The molecule has 112 valence electrons. The van der Waals surface area contributed by atoms with Crippen molar-refractivity contribution in [3.05, 3.63) is 35.4 Å². The second-order valence-electron chi connectivity index (χ2n) is 4.89. The summed E-state index contributed by atoms with van der Waals surface area (Å²) in [5.41, 5.74) is 0.918. The molecular formula is C14H16ClNO4P+. The first-order valence-corrected chi connectivity index (χ1v) is 8.48. The van der Waals surface area contributed by atoms with Crippen molar-refractivity contribution in [1.82, 2.24) is 4.90 Å². The normalized spacial score (nSPS) is 16.1. The highest BCUT2D eigenvalue weighted by molar-refractivity contribution is 7.41. The fourth-order valence-corrected chi connectivity index (χ4v) is 2.87. The minimum atomic E-state index is -2.34. The van der Waals surface area contributed by atoms with Crippen LogP contribution in [0, 0.1) is 0 Å². The number of benzene rings is 1. The van der Waals surface area contributed by atoms with Gasteiger partial charge >= 0.3 is 8.03 Å². The number of alkyl halides is 1. The number of hydrogen-bond donors (Lipinski definition) is 1. The zero-order valence-electron chi connectivity index (χ0n) is 11.4. The minimum Gasteiger partial charge on any atom is -0.274 e. The predicted octanol–water partition coefficient (Wildman–Crippen LogP) is 3.14. The van der Waals surface area contributed by atoms with Gasteiger partial charge in [0.15, 0.2) is 0 Å². The predicted molar refractivity (Wildman–Crippen MR) is 79.7 cm³/mol. The molecule has 0 saturated heterocycles. The summed E-state index contributed by atoms with van der Waals surface area (Å²) < 4.78 is 10.7. The summed E-state index contributed by atoms with van der Waals surface area (Å²) in [6.45, 7) is 0.366. The van der Waals surface area contributed by atoms with Crippen molar-refractivity contribution in [3.8, 4) is 0 Å². The maximum absolute atomic E-state index is 12.1. The van der Waals surface area contributed by atoms with E-state index in [1.165, 1.54) is 4.90 Å². The molecule has 1 aromatic carbocycles. The number of nitrogens with zero attached hydrogens (tertiary/aromatic N) is 1. The molecule has 1 N–H and O–H groups in total. The molecule has 1 aromatic rings. The molecule has 7 heteroatoms. The van der Waals surface area contributed by atoms with Crippen molar-refractivity contribution in [1.29, 1.82) is 0 Å². The van der Waals surface area contributed by atoms with E-state index in [1.54, 1.807) is 24.3 Å². The van der Waals surface area contributed by atoms with Gasteiger partial charge in [0.2, 0.25) is 0 Å². The van der Waals surface area contributed by atoms with E-state index in [0.717, 1.165) is 6.42 Å². The van der Waals surface area contributed by atoms with Gasteiger partial charge in [-0.25, -0.2) is 0 Å². The second kappa shape index (κ2) is 7.12. The third-order valence-corrected chi connectivity index (χ3v) is 4.90. The Morgan fingerprint density at radius 3 is 2.19 bits per heavy atom. The molecule has 2 amide bonds.